The molecule has 0 unspecified atom stereocenters. The van der Waals surface area contributed by atoms with Crippen LogP contribution in [0, 0.1) is 21.4 Å². The highest BCUT2D eigenvalue weighted by atomic mass is 16.6. The summed E-state index contributed by atoms with van der Waals surface area (Å²) in [5.74, 6) is -0.0558. The molecule has 0 aliphatic heterocycles. The maximum absolute atomic E-state index is 12.2. The lowest BCUT2D eigenvalue weighted by atomic mass is 9.62. The van der Waals surface area contributed by atoms with Crippen molar-refractivity contribution in [2.45, 2.75) is 45.7 Å². The first-order chi connectivity index (χ1) is 10.4. The molecule has 8 heteroatoms. The van der Waals surface area contributed by atoms with Gasteiger partial charge in [-0.15, -0.1) is 0 Å². The number of carbonyl (C=O) groups is 1. The van der Waals surface area contributed by atoms with Gasteiger partial charge in [0.25, 0.3) is 0 Å². The predicted molar refractivity (Wildman–Crippen MR) is 79.0 cm³/mol. The molecular weight excluding hydrogens is 288 g/mol. The van der Waals surface area contributed by atoms with Crippen LogP contribution in [0.5, 0.6) is 0 Å². The van der Waals surface area contributed by atoms with Gasteiger partial charge in [0.05, 0.1) is 11.5 Å². The third-order valence-electron chi connectivity index (χ3n) is 4.44. The molecular formula is C14H22N4O4. The highest BCUT2D eigenvalue weighted by molar-refractivity contribution is 5.76. The van der Waals surface area contributed by atoms with E-state index < -0.39 is 4.92 Å². The van der Waals surface area contributed by atoms with Crippen molar-refractivity contribution in [3.8, 4) is 0 Å². The smallest absolute Gasteiger partial charge is 0.307 e. The number of amides is 1. The zero-order chi connectivity index (χ0) is 16.3. The van der Waals surface area contributed by atoms with E-state index in [4.69, 9.17) is 0 Å². The Morgan fingerprint density at radius 2 is 2.27 bits per heavy atom. The van der Waals surface area contributed by atoms with Gasteiger partial charge in [0.1, 0.15) is 18.9 Å². The Morgan fingerprint density at radius 3 is 2.68 bits per heavy atom. The second kappa shape index (κ2) is 6.43. The molecule has 1 amide bonds. The first-order valence-electron chi connectivity index (χ1n) is 7.45. The molecule has 1 heterocycles. The standard InChI is InChI=1S/C14H22N4O4/c1-10(2)13(14(9-19)4-3-5-14)16-12(20)8-17-7-11(6-15-17)18(21)22/h6-7,10,13,19H,3-5,8-9H2,1-2H3,(H,16,20)/t13-/m0/s1. The van der Waals surface area contributed by atoms with Gasteiger partial charge in [0, 0.05) is 11.5 Å². The Bertz CT molecular complexity index is 545. The van der Waals surface area contributed by atoms with Gasteiger partial charge in [-0.25, -0.2) is 0 Å². The molecule has 0 saturated heterocycles. The Balaban J connectivity index is 2.00. The van der Waals surface area contributed by atoms with Crippen molar-refractivity contribution < 1.29 is 14.8 Å². The van der Waals surface area contributed by atoms with E-state index in [0.29, 0.717) is 0 Å². The number of nitrogens with zero attached hydrogens (tertiary/aromatic N) is 3. The van der Waals surface area contributed by atoms with Crippen molar-refractivity contribution in [2.75, 3.05) is 6.61 Å². The molecule has 22 heavy (non-hydrogen) atoms. The average Bonchev–Trinajstić information content (AvgIpc) is 2.85. The van der Waals surface area contributed by atoms with E-state index in [2.05, 4.69) is 10.4 Å². The molecule has 2 N–H and O–H groups in total. The predicted octanol–water partition coefficient (Wildman–Crippen LogP) is 1.09. The third-order valence-corrected chi connectivity index (χ3v) is 4.44. The van der Waals surface area contributed by atoms with Crippen LogP contribution in [0.4, 0.5) is 5.69 Å². The Kier molecular flexibility index (Phi) is 4.80. The topological polar surface area (TPSA) is 110 Å². The molecule has 1 aliphatic rings. The van der Waals surface area contributed by atoms with Crippen LogP contribution in [0.2, 0.25) is 0 Å². The zero-order valence-electron chi connectivity index (χ0n) is 12.9. The zero-order valence-corrected chi connectivity index (χ0v) is 12.9. The molecule has 2 rings (SSSR count). The van der Waals surface area contributed by atoms with Gasteiger partial charge in [0.2, 0.25) is 5.91 Å². The van der Waals surface area contributed by atoms with Crippen LogP contribution in [0.1, 0.15) is 33.1 Å². The van der Waals surface area contributed by atoms with Crippen LogP contribution < -0.4 is 5.32 Å². The number of aliphatic hydroxyl groups excluding tert-OH is 1. The number of nitro groups is 1. The molecule has 1 fully saturated rings. The summed E-state index contributed by atoms with van der Waals surface area (Å²) in [6.07, 6.45) is 5.22. The van der Waals surface area contributed by atoms with Crippen LogP contribution in [0.15, 0.2) is 12.4 Å². The fraction of sp³-hybridized carbons (Fsp3) is 0.714. The van der Waals surface area contributed by atoms with Gasteiger partial charge in [-0.2, -0.15) is 5.10 Å². The van der Waals surface area contributed by atoms with E-state index >= 15 is 0 Å². The molecule has 1 aromatic heterocycles. The van der Waals surface area contributed by atoms with E-state index in [-0.39, 0.29) is 42.1 Å². The van der Waals surface area contributed by atoms with E-state index in [9.17, 15) is 20.0 Å². The molecule has 1 aliphatic carbocycles. The van der Waals surface area contributed by atoms with Crippen LogP contribution in [0.25, 0.3) is 0 Å². The van der Waals surface area contributed by atoms with Crippen LogP contribution in [-0.2, 0) is 11.3 Å². The molecule has 0 bridgehead atoms. The fourth-order valence-corrected chi connectivity index (χ4v) is 3.12. The number of rotatable bonds is 7. The number of carbonyl (C=O) groups excluding carboxylic acids is 1. The first kappa shape index (κ1) is 16.4. The maximum Gasteiger partial charge on any atom is 0.307 e. The number of hydrogen-bond donors (Lipinski definition) is 2. The fourth-order valence-electron chi connectivity index (χ4n) is 3.12. The van der Waals surface area contributed by atoms with Crippen molar-refractivity contribution >= 4 is 11.6 Å². The van der Waals surface area contributed by atoms with Crippen molar-refractivity contribution in [3.05, 3.63) is 22.5 Å². The molecule has 8 nitrogen and oxygen atoms in total. The number of nitrogens with one attached hydrogen (secondary N) is 1. The number of aliphatic hydroxyl groups is 1. The monoisotopic (exact) mass is 310 g/mol. The Labute approximate surface area is 128 Å². The second-order valence-electron chi connectivity index (χ2n) is 6.32. The van der Waals surface area contributed by atoms with Crippen molar-refractivity contribution in [2.24, 2.45) is 11.3 Å². The summed E-state index contributed by atoms with van der Waals surface area (Å²) in [4.78, 5) is 22.2. The van der Waals surface area contributed by atoms with Crippen LogP contribution in [-0.4, -0.2) is 38.4 Å². The van der Waals surface area contributed by atoms with Gasteiger partial charge in [0.15, 0.2) is 0 Å². The highest BCUT2D eigenvalue weighted by Crippen LogP contribution is 2.45. The molecule has 1 saturated carbocycles. The summed E-state index contributed by atoms with van der Waals surface area (Å²) in [5, 5.41) is 27.1. The second-order valence-corrected chi connectivity index (χ2v) is 6.32. The molecule has 0 spiro atoms. The lowest BCUT2D eigenvalue weighted by Gasteiger charge is -2.48. The first-order valence-corrected chi connectivity index (χ1v) is 7.45. The summed E-state index contributed by atoms with van der Waals surface area (Å²) in [5.41, 5.74) is -0.376. The normalized spacial score (nSPS) is 17.8. The van der Waals surface area contributed by atoms with E-state index in [1.54, 1.807) is 0 Å². The number of hydrogen-bond acceptors (Lipinski definition) is 5. The summed E-state index contributed by atoms with van der Waals surface area (Å²) >= 11 is 0. The summed E-state index contributed by atoms with van der Waals surface area (Å²) in [6.45, 7) is 4.01. The van der Waals surface area contributed by atoms with Gasteiger partial charge >= 0.3 is 5.69 Å². The lowest BCUT2D eigenvalue weighted by Crippen LogP contribution is -2.56. The summed E-state index contributed by atoms with van der Waals surface area (Å²) in [7, 11) is 0. The molecule has 122 valence electrons. The molecule has 0 aromatic carbocycles. The Morgan fingerprint density at radius 1 is 1.59 bits per heavy atom. The minimum atomic E-state index is -0.548. The van der Waals surface area contributed by atoms with E-state index in [1.165, 1.54) is 10.9 Å². The quantitative estimate of drug-likeness (QED) is 0.578. The van der Waals surface area contributed by atoms with Crippen LogP contribution >= 0.6 is 0 Å². The molecule has 1 atom stereocenters. The van der Waals surface area contributed by atoms with Crippen molar-refractivity contribution in [3.63, 3.8) is 0 Å². The summed E-state index contributed by atoms with van der Waals surface area (Å²) < 4.78 is 1.25. The van der Waals surface area contributed by atoms with Crippen molar-refractivity contribution in [1.82, 2.24) is 15.1 Å². The van der Waals surface area contributed by atoms with Gasteiger partial charge < -0.3 is 10.4 Å². The highest BCUT2D eigenvalue weighted by Gasteiger charge is 2.45. The van der Waals surface area contributed by atoms with Gasteiger partial charge in [-0.3, -0.25) is 19.6 Å². The Hall–Kier alpha value is -1.96. The minimum Gasteiger partial charge on any atom is -0.396 e. The third kappa shape index (κ3) is 3.27. The van der Waals surface area contributed by atoms with E-state index in [1.807, 2.05) is 13.8 Å². The number of aromatic nitrogens is 2. The minimum absolute atomic E-state index is 0.0589. The maximum atomic E-state index is 12.2. The average molecular weight is 310 g/mol. The lowest BCUT2D eigenvalue weighted by molar-refractivity contribution is -0.385. The molecule has 1 aromatic rings. The van der Waals surface area contributed by atoms with Crippen LogP contribution in [0.3, 0.4) is 0 Å². The van der Waals surface area contributed by atoms with Crippen molar-refractivity contribution in [1.29, 1.82) is 0 Å². The largest absolute Gasteiger partial charge is 0.396 e. The molecule has 0 radical (unpaired) electrons. The van der Waals surface area contributed by atoms with Gasteiger partial charge in [-0.05, 0) is 18.8 Å². The summed E-state index contributed by atoms with van der Waals surface area (Å²) in [6, 6.07) is -0.107. The van der Waals surface area contributed by atoms with E-state index in [0.717, 1.165) is 25.5 Å². The van der Waals surface area contributed by atoms with Gasteiger partial charge in [-0.1, -0.05) is 20.3 Å². The SMILES string of the molecule is CC(C)[C@H](NC(=O)Cn1cc([N+](=O)[O-])cn1)C1(CO)CCC1.